The molecule has 0 saturated heterocycles. The molecule has 1 amide bonds. The first-order chi connectivity index (χ1) is 6.07. The third-order valence-electron chi connectivity index (χ3n) is 1.85. The summed E-state index contributed by atoms with van der Waals surface area (Å²) >= 11 is 0. The van der Waals surface area contributed by atoms with Crippen LogP contribution in [0.4, 0.5) is 0 Å². The molecule has 0 aliphatic carbocycles. The second kappa shape index (κ2) is 6.86. The molecular weight excluding hydrogens is 168 g/mol. The van der Waals surface area contributed by atoms with E-state index in [4.69, 9.17) is 4.74 Å². The summed E-state index contributed by atoms with van der Waals surface area (Å²) in [4.78, 5) is 12.7. The molecule has 0 aliphatic rings. The maximum Gasteiger partial charge on any atom is 0.223 e. The van der Waals surface area contributed by atoms with Gasteiger partial charge in [0.05, 0.1) is 6.10 Å². The topological polar surface area (TPSA) is 41.6 Å². The highest BCUT2D eigenvalue weighted by atomic mass is 16.5. The number of hydrogen-bond donors (Lipinski definition) is 1. The third-order valence-corrected chi connectivity index (χ3v) is 1.85. The van der Waals surface area contributed by atoms with Gasteiger partial charge in [-0.2, -0.15) is 0 Å². The minimum atomic E-state index is 0.151. The van der Waals surface area contributed by atoms with Crippen LogP contribution >= 0.6 is 0 Å². The highest BCUT2D eigenvalue weighted by molar-refractivity contribution is 5.75. The van der Waals surface area contributed by atoms with Crippen molar-refractivity contribution < 1.29 is 9.53 Å². The molecule has 0 saturated carbocycles. The van der Waals surface area contributed by atoms with Gasteiger partial charge in [-0.3, -0.25) is 4.79 Å². The Morgan fingerprint density at radius 2 is 2.15 bits per heavy atom. The van der Waals surface area contributed by atoms with Gasteiger partial charge in [-0.15, -0.1) is 0 Å². The van der Waals surface area contributed by atoms with Crippen LogP contribution in [0.3, 0.4) is 0 Å². The van der Waals surface area contributed by atoms with Crippen molar-refractivity contribution >= 4 is 5.91 Å². The van der Waals surface area contributed by atoms with E-state index in [1.807, 2.05) is 6.92 Å². The molecule has 0 aromatic rings. The molecule has 4 nitrogen and oxygen atoms in total. The van der Waals surface area contributed by atoms with Crippen LogP contribution in [-0.4, -0.2) is 51.2 Å². The van der Waals surface area contributed by atoms with Gasteiger partial charge in [0.15, 0.2) is 0 Å². The van der Waals surface area contributed by atoms with Crippen LogP contribution in [0.15, 0.2) is 0 Å². The Morgan fingerprint density at radius 1 is 1.54 bits per heavy atom. The van der Waals surface area contributed by atoms with Crippen molar-refractivity contribution in [1.82, 2.24) is 10.2 Å². The fraction of sp³-hybridized carbons (Fsp3) is 0.889. The Balaban J connectivity index is 3.31. The van der Waals surface area contributed by atoms with Crippen molar-refractivity contribution in [2.75, 3.05) is 34.3 Å². The van der Waals surface area contributed by atoms with Crippen molar-refractivity contribution in [3.05, 3.63) is 0 Å². The predicted molar refractivity (Wildman–Crippen MR) is 52.7 cm³/mol. The normalized spacial score (nSPS) is 12.6. The zero-order valence-corrected chi connectivity index (χ0v) is 8.96. The monoisotopic (exact) mass is 188 g/mol. The molecular formula is C9H20N2O2. The lowest BCUT2D eigenvalue weighted by molar-refractivity contribution is -0.128. The molecule has 0 rings (SSSR count). The number of rotatable bonds is 6. The Labute approximate surface area is 80.2 Å². The fourth-order valence-corrected chi connectivity index (χ4v) is 0.808. The summed E-state index contributed by atoms with van der Waals surface area (Å²) in [5, 5.41) is 3.15. The zero-order chi connectivity index (χ0) is 10.3. The van der Waals surface area contributed by atoms with Gasteiger partial charge in [0.1, 0.15) is 0 Å². The van der Waals surface area contributed by atoms with Crippen LogP contribution in [0.1, 0.15) is 13.3 Å². The summed E-state index contributed by atoms with van der Waals surface area (Å²) in [7, 11) is 5.21. The summed E-state index contributed by atoms with van der Waals surface area (Å²) in [6, 6.07) is 0. The van der Waals surface area contributed by atoms with Crippen LogP contribution in [0.25, 0.3) is 0 Å². The van der Waals surface area contributed by atoms with Crippen molar-refractivity contribution in [2.45, 2.75) is 19.4 Å². The maximum atomic E-state index is 11.1. The summed E-state index contributed by atoms with van der Waals surface area (Å²) in [6.45, 7) is 3.49. The van der Waals surface area contributed by atoms with Crippen LogP contribution in [0.5, 0.6) is 0 Å². The molecule has 0 spiro atoms. The first kappa shape index (κ1) is 12.4. The standard InChI is InChI=1S/C9H20N2O2/c1-8(13-4)7-10-6-5-9(12)11(2)3/h8,10H,5-7H2,1-4H3. The van der Waals surface area contributed by atoms with E-state index in [9.17, 15) is 4.79 Å². The molecule has 0 aromatic heterocycles. The first-order valence-electron chi connectivity index (χ1n) is 4.51. The minimum absolute atomic E-state index is 0.151. The second-order valence-electron chi connectivity index (χ2n) is 3.29. The van der Waals surface area contributed by atoms with Crippen LogP contribution < -0.4 is 5.32 Å². The number of methoxy groups -OCH3 is 1. The largest absolute Gasteiger partial charge is 0.380 e. The smallest absolute Gasteiger partial charge is 0.223 e. The highest BCUT2D eigenvalue weighted by Crippen LogP contribution is 1.87. The Morgan fingerprint density at radius 3 is 2.62 bits per heavy atom. The van der Waals surface area contributed by atoms with Crippen molar-refractivity contribution in [3.63, 3.8) is 0 Å². The van der Waals surface area contributed by atoms with Gasteiger partial charge in [-0.1, -0.05) is 0 Å². The molecule has 0 radical (unpaired) electrons. The van der Waals surface area contributed by atoms with E-state index in [1.54, 1.807) is 26.1 Å². The molecule has 1 atom stereocenters. The number of nitrogens with one attached hydrogen (secondary N) is 1. The van der Waals surface area contributed by atoms with E-state index in [0.29, 0.717) is 13.0 Å². The Hall–Kier alpha value is -0.610. The van der Waals surface area contributed by atoms with Crippen LogP contribution in [-0.2, 0) is 9.53 Å². The molecule has 0 aromatic carbocycles. The van der Waals surface area contributed by atoms with E-state index in [1.165, 1.54) is 0 Å². The van der Waals surface area contributed by atoms with E-state index in [2.05, 4.69) is 5.32 Å². The predicted octanol–water partition coefficient (Wildman–Crippen LogP) is 0.0892. The second-order valence-corrected chi connectivity index (χ2v) is 3.29. The zero-order valence-electron chi connectivity index (χ0n) is 8.96. The molecule has 0 aliphatic heterocycles. The third kappa shape index (κ3) is 6.54. The number of amides is 1. The quantitative estimate of drug-likeness (QED) is 0.601. The minimum Gasteiger partial charge on any atom is -0.380 e. The maximum absolute atomic E-state index is 11.1. The van der Waals surface area contributed by atoms with Gasteiger partial charge in [0.2, 0.25) is 5.91 Å². The molecule has 0 fully saturated rings. The van der Waals surface area contributed by atoms with Crippen LogP contribution in [0, 0.1) is 0 Å². The first-order valence-corrected chi connectivity index (χ1v) is 4.51. The van der Waals surface area contributed by atoms with Gasteiger partial charge in [0.25, 0.3) is 0 Å². The highest BCUT2D eigenvalue weighted by Gasteiger charge is 2.03. The molecule has 1 N–H and O–H groups in total. The summed E-state index contributed by atoms with van der Waals surface area (Å²) in [5.41, 5.74) is 0. The average molecular weight is 188 g/mol. The Kier molecular flexibility index (Phi) is 6.54. The summed E-state index contributed by atoms with van der Waals surface area (Å²) in [6.07, 6.45) is 0.748. The van der Waals surface area contributed by atoms with Crippen LogP contribution in [0.2, 0.25) is 0 Å². The molecule has 78 valence electrons. The average Bonchev–Trinajstić information content (AvgIpc) is 2.11. The lowest BCUT2D eigenvalue weighted by Crippen LogP contribution is -2.30. The number of carbonyl (C=O) groups excluding carboxylic acids is 1. The molecule has 4 heteroatoms. The molecule has 0 heterocycles. The van der Waals surface area contributed by atoms with Gasteiger partial charge >= 0.3 is 0 Å². The number of hydrogen-bond acceptors (Lipinski definition) is 3. The number of carbonyl (C=O) groups is 1. The number of ether oxygens (including phenoxy) is 1. The Bertz CT molecular complexity index is 149. The fourth-order valence-electron chi connectivity index (χ4n) is 0.808. The van der Waals surface area contributed by atoms with E-state index < -0.39 is 0 Å². The number of nitrogens with zero attached hydrogens (tertiary/aromatic N) is 1. The van der Waals surface area contributed by atoms with E-state index in [0.717, 1.165) is 6.54 Å². The summed E-state index contributed by atoms with van der Waals surface area (Å²) in [5.74, 6) is 0.151. The van der Waals surface area contributed by atoms with E-state index in [-0.39, 0.29) is 12.0 Å². The molecule has 0 bridgehead atoms. The van der Waals surface area contributed by atoms with E-state index >= 15 is 0 Å². The van der Waals surface area contributed by atoms with Crippen molar-refractivity contribution in [3.8, 4) is 0 Å². The van der Waals surface area contributed by atoms with Gasteiger partial charge < -0.3 is 15.0 Å². The SMILES string of the molecule is COC(C)CNCCC(=O)N(C)C. The van der Waals surface area contributed by atoms with Gasteiger partial charge in [-0.05, 0) is 6.92 Å². The van der Waals surface area contributed by atoms with Gasteiger partial charge in [-0.25, -0.2) is 0 Å². The lowest BCUT2D eigenvalue weighted by atomic mass is 10.3. The van der Waals surface area contributed by atoms with Gasteiger partial charge in [0, 0.05) is 40.7 Å². The van der Waals surface area contributed by atoms with Crippen molar-refractivity contribution in [1.29, 1.82) is 0 Å². The molecule has 13 heavy (non-hydrogen) atoms. The van der Waals surface area contributed by atoms with Crippen molar-refractivity contribution in [2.24, 2.45) is 0 Å². The molecule has 1 unspecified atom stereocenters. The lowest BCUT2D eigenvalue weighted by Gasteiger charge is -2.12. The summed E-state index contributed by atoms with van der Waals surface area (Å²) < 4.78 is 5.05.